The van der Waals surface area contributed by atoms with Gasteiger partial charge in [0.2, 0.25) is 0 Å². The average Bonchev–Trinajstić information content (AvgIpc) is 2.41. The number of hydrogen-bond donors (Lipinski definition) is 2. The number of nitrogens with one attached hydrogen (secondary N) is 1. The number of rotatable bonds is 3. The van der Waals surface area contributed by atoms with Crippen LogP contribution in [0.2, 0.25) is 5.02 Å². The van der Waals surface area contributed by atoms with Crippen molar-refractivity contribution >= 4 is 17.5 Å². The smallest absolute Gasteiger partial charge is 0.251 e. The zero-order chi connectivity index (χ0) is 13.9. The molecule has 1 saturated carbocycles. The van der Waals surface area contributed by atoms with Crippen molar-refractivity contribution in [3.05, 3.63) is 34.9 Å². The largest absolute Gasteiger partial charge is 0.388 e. The highest BCUT2D eigenvalue weighted by Crippen LogP contribution is 2.31. The van der Waals surface area contributed by atoms with Crippen molar-refractivity contribution in [1.82, 2.24) is 5.32 Å². The van der Waals surface area contributed by atoms with E-state index < -0.39 is 5.60 Å². The molecule has 2 N–H and O–H groups in total. The molecule has 1 aromatic rings. The third kappa shape index (κ3) is 3.95. The van der Waals surface area contributed by atoms with Gasteiger partial charge in [-0.3, -0.25) is 4.79 Å². The van der Waals surface area contributed by atoms with Gasteiger partial charge in [0.05, 0.1) is 5.60 Å². The SMILES string of the molecule is CC1CCC(O)(CNC(=O)c2ccc(Cl)cc2)CC1. The number of carbonyl (C=O) groups excluding carboxylic acids is 1. The maximum Gasteiger partial charge on any atom is 0.251 e. The summed E-state index contributed by atoms with van der Waals surface area (Å²) in [5.41, 5.74) is -0.175. The molecular formula is C15H20ClNO2. The number of amides is 1. The van der Waals surface area contributed by atoms with Gasteiger partial charge in [0.15, 0.2) is 0 Å². The molecule has 2 rings (SSSR count). The summed E-state index contributed by atoms with van der Waals surface area (Å²) in [5, 5.41) is 13.8. The molecule has 1 aromatic carbocycles. The molecule has 0 aromatic heterocycles. The normalized spacial score (nSPS) is 27.0. The summed E-state index contributed by atoms with van der Waals surface area (Å²) in [7, 11) is 0. The summed E-state index contributed by atoms with van der Waals surface area (Å²) < 4.78 is 0. The molecule has 1 amide bonds. The lowest BCUT2D eigenvalue weighted by atomic mass is 9.79. The van der Waals surface area contributed by atoms with Crippen LogP contribution in [0.15, 0.2) is 24.3 Å². The van der Waals surface area contributed by atoms with E-state index in [1.807, 2.05) is 0 Å². The second-order valence-corrected chi connectivity index (χ2v) is 6.03. The zero-order valence-corrected chi connectivity index (χ0v) is 11.9. The lowest BCUT2D eigenvalue weighted by Crippen LogP contribution is -2.45. The zero-order valence-electron chi connectivity index (χ0n) is 11.2. The summed E-state index contributed by atoms with van der Waals surface area (Å²) in [6.07, 6.45) is 3.56. The first-order chi connectivity index (χ1) is 8.98. The van der Waals surface area contributed by atoms with Crippen LogP contribution in [0, 0.1) is 5.92 Å². The molecule has 1 fully saturated rings. The molecule has 104 valence electrons. The molecule has 1 aliphatic carbocycles. The first-order valence-corrected chi connectivity index (χ1v) is 7.12. The third-order valence-electron chi connectivity index (χ3n) is 3.89. The van der Waals surface area contributed by atoms with Gasteiger partial charge in [-0.25, -0.2) is 0 Å². The van der Waals surface area contributed by atoms with Crippen LogP contribution in [0.3, 0.4) is 0 Å². The Hall–Kier alpha value is -1.06. The Morgan fingerprint density at radius 1 is 1.37 bits per heavy atom. The first-order valence-electron chi connectivity index (χ1n) is 6.75. The number of halogens is 1. The van der Waals surface area contributed by atoms with Crippen molar-refractivity contribution in [2.75, 3.05) is 6.54 Å². The summed E-state index contributed by atoms with van der Waals surface area (Å²) in [6.45, 7) is 2.52. The Kier molecular flexibility index (Phi) is 4.48. The summed E-state index contributed by atoms with van der Waals surface area (Å²) >= 11 is 5.78. The minimum Gasteiger partial charge on any atom is -0.388 e. The van der Waals surface area contributed by atoms with Crippen LogP contribution < -0.4 is 5.32 Å². The van der Waals surface area contributed by atoms with Crippen molar-refractivity contribution in [3.8, 4) is 0 Å². The molecule has 0 saturated heterocycles. The van der Waals surface area contributed by atoms with E-state index in [1.165, 1.54) is 0 Å². The monoisotopic (exact) mass is 281 g/mol. The van der Waals surface area contributed by atoms with Crippen LogP contribution in [-0.4, -0.2) is 23.2 Å². The van der Waals surface area contributed by atoms with Gasteiger partial charge in [0.1, 0.15) is 0 Å². The van der Waals surface area contributed by atoms with E-state index in [0.29, 0.717) is 23.0 Å². The van der Waals surface area contributed by atoms with E-state index in [1.54, 1.807) is 24.3 Å². The topological polar surface area (TPSA) is 49.3 Å². The van der Waals surface area contributed by atoms with Crippen LogP contribution in [0.25, 0.3) is 0 Å². The Bertz CT molecular complexity index is 436. The van der Waals surface area contributed by atoms with E-state index in [9.17, 15) is 9.90 Å². The van der Waals surface area contributed by atoms with Crippen LogP contribution in [-0.2, 0) is 0 Å². The maximum atomic E-state index is 11.9. The summed E-state index contributed by atoms with van der Waals surface area (Å²) in [6, 6.07) is 6.75. The van der Waals surface area contributed by atoms with E-state index >= 15 is 0 Å². The fourth-order valence-corrected chi connectivity index (χ4v) is 2.55. The Morgan fingerprint density at radius 2 is 1.95 bits per heavy atom. The van der Waals surface area contributed by atoms with Crippen molar-refractivity contribution < 1.29 is 9.90 Å². The van der Waals surface area contributed by atoms with E-state index in [4.69, 9.17) is 11.6 Å². The van der Waals surface area contributed by atoms with Gasteiger partial charge in [-0.15, -0.1) is 0 Å². The first kappa shape index (κ1) is 14.4. The van der Waals surface area contributed by atoms with E-state index in [2.05, 4.69) is 12.2 Å². The van der Waals surface area contributed by atoms with Gasteiger partial charge in [0, 0.05) is 17.1 Å². The van der Waals surface area contributed by atoms with Gasteiger partial charge in [-0.2, -0.15) is 0 Å². The predicted molar refractivity (Wildman–Crippen MR) is 76.4 cm³/mol. The molecule has 0 unspecified atom stereocenters. The number of hydrogen-bond acceptors (Lipinski definition) is 2. The minimum atomic E-state index is -0.741. The Balaban J connectivity index is 1.88. The van der Waals surface area contributed by atoms with Crippen molar-refractivity contribution in [2.45, 2.75) is 38.2 Å². The lowest BCUT2D eigenvalue weighted by molar-refractivity contribution is -0.00539. The van der Waals surface area contributed by atoms with Crippen LogP contribution in [0.5, 0.6) is 0 Å². The van der Waals surface area contributed by atoms with Crippen molar-refractivity contribution in [3.63, 3.8) is 0 Å². The Labute approximate surface area is 119 Å². The molecule has 0 atom stereocenters. The fourth-order valence-electron chi connectivity index (χ4n) is 2.42. The third-order valence-corrected chi connectivity index (χ3v) is 4.14. The molecule has 19 heavy (non-hydrogen) atoms. The molecule has 0 spiro atoms. The fraction of sp³-hybridized carbons (Fsp3) is 0.533. The minimum absolute atomic E-state index is 0.163. The van der Waals surface area contributed by atoms with E-state index in [0.717, 1.165) is 25.7 Å². The number of carbonyl (C=O) groups is 1. The second kappa shape index (κ2) is 5.93. The molecule has 3 nitrogen and oxygen atoms in total. The predicted octanol–water partition coefficient (Wildman–Crippen LogP) is 3.01. The molecule has 0 heterocycles. The van der Waals surface area contributed by atoms with Crippen molar-refractivity contribution in [2.24, 2.45) is 5.92 Å². The highest BCUT2D eigenvalue weighted by atomic mass is 35.5. The standard InChI is InChI=1S/C15H20ClNO2/c1-11-6-8-15(19,9-7-11)10-17-14(18)12-2-4-13(16)5-3-12/h2-5,11,19H,6-10H2,1H3,(H,17,18). The van der Waals surface area contributed by atoms with Gasteiger partial charge in [0.25, 0.3) is 5.91 Å². The van der Waals surface area contributed by atoms with Crippen LogP contribution in [0.1, 0.15) is 43.0 Å². The molecule has 0 aliphatic heterocycles. The van der Waals surface area contributed by atoms with Crippen LogP contribution in [0.4, 0.5) is 0 Å². The molecule has 4 heteroatoms. The molecular weight excluding hydrogens is 262 g/mol. The lowest BCUT2D eigenvalue weighted by Gasteiger charge is -2.34. The van der Waals surface area contributed by atoms with Gasteiger partial charge in [-0.05, 0) is 55.9 Å². The van der Waals surface area contributed by atoms with Gasteiger partial charge < -0.3 is 10.4 Å². The number of benzene rings is 1. The molecule has 0 radical (unpaired) electrons. The van der Waals surface area contributed by atoms with Gasteiger partial charge >= 0.3 is 0 Å². The average molecular weight is 282 g/mol. The summed E-state index contributed by atoms with van der Waals surface area (Å²) in [4.78, 5) is 11.9. The second-order valence-electron chi connectivity index (χ2n) is 5.60. The van der Waals surface area contributed by atoms with Gasteiger partial charge in [-0.1, -0.05) is 18.5 Å². The quantitative estimate of drug-likeness (QED) is 0.895. The van der Waals surface area contributed by atoms with Crippen LogP contribution >= 0.6 is 11.6 Å². The maximum absolute atomic E-state index is 11.9. The summed E-state index contributed by atoms with van der Waals surface area (Å²) in [5.74, 6) is 0.510. The van der Waals surface area contributed by atoms with E-state index in [-0.39, 0.29) is 5.91 Å². The number of aliphatic hydroxyl groups is 1. The molecule has 1 aliphatic rings. The Morgan fingerprint density at radius 3 is 2.53 bits per heavy atom. The molecule has 0 bridgehead atoms. The van der Waals surface area contributed by atoms with Crippen molar-refractivity contribution in [1.29, 1.82) is 0 Å². The highest BCUT2D eigenvalue weighted by molar-refractivity contribution is 6.30. The highest BCUT2D eigenvalue weighted by Gasteiger charge is 2.32.